The molecule has 0 aliphatic heterocycles. The Morgan fingerprint density at radius 2 is 1.07 bits per heavy atom. The van der Waals surface area contributed by atoms with Gasteiger partial charge in [0.25, 0.3) is 29.5 Å². The van der Waals surface area contributed by atoms with Gasteiger partial charge >= 0.3 is 5.97 Å². The lowest BCUT2D eigenvalue weighted by atomic mass is 10.1. The van der Waals surface area contributed by atoms with Gasteiger partial charge in [0, 0.05) is 61.4 Å². The van der Waals surface area contributed by atoms with Gasteiger partial charge in [0.1, 0.15) is 0 Å². The van der Waals surface area contributed by atoms with Crippen molar-refractivity contribution < 1.29 is 48.9 Å². The third kappa shape index (κ3) is 12.9. The second-order valence-electron chi connectivity index (χ2n) is 11.8. The van der Waals surface area contributed by atoms with Gasteiger partial charge in [-0.2, -0.15) is 0 Å². The molecule has 6 atom stereocenters. The van der Waals surface area contributed by atoms with Crippen LogP contribution in [0.25, 0.3) is 0 Å². The van der Waals surface area contributed by atoms with Gasteiger partial charge in [0.2, 0.25) is 6.04 Å². The minimum absolute atomic E-state index is 0.150. The first-order valence-electron chi connectivity index (χ1n) is 16.5. The third-order valence-corrected chi connectivity index (χ3v) is 8.04. The Hall–Kier alpha value is -6.62. The first-order valence-corrected chi connectivity index (χ1v) is 16.5. The number of nitrogens with one attached hydrogen (secondary N) is 5. The van der Waals surface area contributed by atoms with Crippen LogP contribution >= 0.6 is 0 Å². The molecule has 4 rings (SSSR count). The summed E-state index contributed by atoms with van der Waals surface area (Å²) in [6.07, 6.45) is 1.82. The molecule has 15 heteroatoms. The van der Waals surface area contributed by atoms with E-state index in [1.54, 1.807) is 24.3 Å². The van der Waals surface area contributed by atoms with Crippen molar-refractivity contribution in [2.45, 2.75) is 24.9 Å². The Morgan fingerprint density at radius 3 is 1.43 bits per heavy atom. The van der Waals surface area contributed by atoms with Crippen LogP contribution in [0.2, 0.25) is 0 Å². The highest BCUT2D eigenvalue weighted by Gasteiger charge is 2.35. The van der Waals surface area contributed by atoms with E-state index in [4.69, 9.17) is 15.4 Å². The topological polar surface area (TPSA) is 232 Å². The molecule has 2 aliphatic rings. The molecule has 2 aromatic rings. The summed E-state index contributed by atoms with van der Waals surface area (Å²) in [5.41, 5.74) is 3.14. The monoisotopic (exact) mass is 737 g/mol. The predicted molar refractivity (Wildman–Crippen MR) is 192 cm³/mol. The number of carbonyl (C=O) groups excluding carboxylic acids is 6. The highest BCUT2D eigenvalue weighted by atomic mass is 16.5. The summed E-state index contributed by atoms with van der Waals surface area (Å²) in [5, 5.41) is 35.6. The average molecular weight is 738 g/mol. The smallest absolute Gasteiger partial charge is 0.338 e. The van der Waals surface area contributed by atoms with Gasteiger partial charge in [0.05, 0.1) is 7.11 Å². The lowest BCUT2D eigenvalue weighted by Crippen LogP contribution is -2.54. The summed E-state index contributed by atoms with van der Waals surface area (Å²) in [6, 6.07) is 9.58. The molecule has 54 heavy (non-hydrogen) atoms. The lowest BCUT2D eigenvalue weighted by Gasteiger charge is -2.15. The molecule has 0 bridgehead atoms. The van der Waals surface area contributed by atoms with Crippen LogP contribution in [-0.2, 0) is 23.9 Å². The molecule has 0 saturated heterocycles. The highest BCUT2D eigenvalue weighted by Crippen LogP contribution is 2.37. The maximum absolute atomic E-state index is 12.2. The van der Waals surface area contributed by atoms with Crippen molar-refractivity contribution in [1.82, 2.24) is 26.7 Å². The highest BCUT2D eigenvalue weighted by molar-refractivity contribution is 6.09. The number of amides is 5. The van der Waals surface area contributed by atoms with Crippen LogP contribution in [0.4, 0.5) is 0 Å². The molecule has 8 N–H and O–H groups in total. The van der Waals surface area contributed by atoms with Crippen molar-refractivity contribution >= 4 is 35.5 Å². The number of methoxy groups -OCH3 is 1. The SMILES string of the molecule is CNC(=O)C(NC(=O)c1ccc(C#CC#C[C@@H]2C[C@H]2CO)cc1)C(=O)NO.CNC(=O)C(NC(=O)c1ccc(C#CC#C[C@@H]2C[C@H]2CO)cc1)C(=O)OC. The number of aliphatic hydroxyl groups is 2. The Kier molecular flexibility index (Phi) is 16.3. The van der Waals surface area contributed by atoms with Gasteiger partial charge in [-0.05, 0) is 96.9 Å². The Bertz CT molecular complexity index is 1790. The van der Waals surface area contributed by atoms with E-state index in [-0.39, 0.29) is 48.0 Å². The van der Waals surface area contributed by atoms with Gasteiger partial charge in [-0.1, -0.05) is 23.7 Å². The van der Waals surface area contributed by atoms with Crippen LogP contribution in [0.1, 0.15) is 44.7 Å². The normalized spacial score (nSPS) is 17.9. The number of carbonyl (C=O) groups is 6. The van der Waals surface area contributed by atoms with E-state index >= 15 is 0 Å². The Balaban J connectivity index is 0.000000290. The first kappa shape index (κ1) is 41.8. The van der Waals surface area contributed by atoms with Crippen LogP contribution in [0.3, 0.4) is 0 Å². The molecule has 0 spiro atoms. The van der Waals surface area contributed by atoms with Crippen LogP contribution in [0.15, 0.2) is 48.5 Å². The van der Waals surface area contributed by atoms with E-state index in [2.05, 4.69) is 73.4 Å². The molecule has 280 valence electrons. The number of benzene rings is 2. The van der Waals surface area contributed by atoms with Gasteiger partial charge in [-0.15, -0.1) is 0 Å². The first-order chi connectivity index (χ1) is 26.0. The summed E-state index contributed by atoms with van der Waals surface area (Å²) < 4.78 is 4.52. The fourth-order valence-electron chi connectivity index (χ4n) is 4.51. The van der Waals surface area contributed by atoms with Crippen molar-refractivity contribution in [3.63, 3.8) is 0 Å². The number of esters is 1. The molecule has 15 nitrogen and oxygen atoms in total. The van der Waals surface area contributed by atoms with E-state index in [0.29, 0.717) is 11.1 Å². The maximum atomic E-state index is 12.2. The van der Waals surface area contributed by atoms with Crippen molar-refractivity contribution in [2.75, 3.05) is 34.4 Å². The van der Waals surface area contributed by atoms with E-state index in [1.807, 2.05) is 0 Å². The summed E-state index contributed by atoms with van der Waals surface area (Å²) in [7, 11) is 3.79. The van der Waals surface area contributed by atoms with Crippen molar-refractivity contribution in [2.24, 2.45) is 23.7 Å². The molecular weight excluding hydrogens is 698 g/mol. The summed E-state index contributed by atoms with van der Waals surface area (Å²) >= 11 is 0. The molecule has 0 heterocycles. The number of aliphatic hydroxyl groups excluding tert-OH is 2. The Labute approximate surface area is 312 Å². The number of hydrogen-bond donors (Lipinski definition) is 8. The number of hydroxylamine groups is 1. The molecule has 2 aliphatic carbocycles. The number of hydrogen-bond acceptors (Lipinski definition) is 10. The summed E-state index contributed by atoms with van der Waals surface area (Å²) in [5.74, 6) is 19.0. The summed E-state index contributed by atoms with van der Waals surface area (Å²) in [4.78, 5) is 70.9. The fraction of sp³-hybridized carbons (Fsp3) is 0.333. The largest absolute Gasteiger partial charge is 0.467 e. The molecule has 2 fully saturated rings. The summed E-state index contributed by atoms with van der Waals surface area (Å²) in [6.45, 7) is 0.310. The molecule has 2 saturated carbocycles. The molecule has 2 unspecified atom stereocenters. The zero-order chi connectivity index (χ0) is 39.6. The van der Waals surface area contributed by atoms with Gasteiger partial charge in [0.15, 0.2) is 6.04 Å². The van der Waals surface area contributed by atoms with Crippen LogP contribution in [0, 0.1) is 71.0 Å². The van der Waals surface area contributed by atoms with Crippen LogP contribution in [-0.4, -0.2) is 97.4 Å². The zero-order valence-corrected chi connectivity index (χ0v) is 29.6. The van der Waals surface area contributed by atoms with Crippen molar-refractivity contribution in [3.8, 4) is 47.4 Å². The van der Waals surface area contributed by atoms with E-state index < -0.39 is 47.6 Å². The minimum atomic E-state index is -1.56. The van der Waals surface area contributed by atoms with Crippen molar-refractivity contribution in [1.29, 1.82) is 0 Å². The standard InChI is InChI=1S/C20H20N2O5.C19H19N3O5/c1-21-19(25)17(20(26)27-2)22-18(24)14-9-7-13(8-10-14)5-3-4-6-15-11-16(15)12-23;1-20-18(25)16(19(26)22-27)21-17(24)13-8-6-12(7-9-13)4-2-3-5-14-10-15(14)11-23/h7-10,15-17,23H,11-12H2,1-2H3,(H,21,25)(H,22,24);6-9,14-16,23,27H,10-11H2,1H3,(H,20,25)(H,21,24)(H,22,26)/t15-,16+,17?;14-,15+,16?/m11/s1. The minimum Gasteiger partial charge on any atom is -0.467 e. The Morgan fingerprint density at radius 1 is 0.667 bits per heavy atom. The zero-order valence-electron chi connectivity index (χ0n) is 29.6. The molecule has 0 aromatic heterocycles. The predicted octanol–water partition coefficient (Wildman–Crippen LogP) is -1.29. The second kappa shape index (κ2) is 21.0. The van der Waals surface area contributed by atoms with Crippen LogP contribution in [0.5, 0.6) is 0 Å². The average Bonchev–Trinajstić information content (AvgIpc) is 4.14. The quantitative estimate of drug-likeness (QED) is 0.0473. The fourth-order valence-corrected chi connectivity index (χ4v) is 4.51. The van der Waals surface area contributed by atoms with Gasteiger partial charge < -0.3 is 36.2 Å². The van der Waals surface area contributed by atoms with Gasteiger partial charge in [-0.3, -0.25) is 29.2 Å². The van der Waals surface area contributed by atoms with E-state index in [1.165, 1.54) is 43.8 Å². The second-order valence-corrected chi connectivity index (χ2v) is 11.8. The lowest BCUT2D eigenvalue weighted by molar-refractivity contribution is -0.146. The van der Waals surface area contributed by atoms with Crippen molar-refractivity contribution in [3.05, 3.63) is 70.8 Å². The van der Waals surface area contributed by atoms with E-state index in [0.717, 1.165) is 20.0 Å². The number of likely N-dealkylation sites (N-methyl/N-ethyl adjacent to an activating group) is 2. The molecule has 5 amide bonds. The van der Waals surface area contributed by atoms with E-state index in [9.17, 15) is 28.8 Å². The number of ether oxygens (including phenoxy) is 1. The maximum Gasteiger partial charge on any atom is 0.338 e. The van der Waals surface area contributed by atoms with Gasteiger partial charge in [-0.25, -0.2) is 10.3 Å². The third-order valence-electron chi connectivity index (χ3n) is 8.04. The number of rotatable bonds is 10. The van der Waals surface area contributed by atoms with Crippen LogP contribution < -0.4 is 26.7 Å². The molecular formula is C39H39N5O10. The molecule has 0 radical (unpaired) electrons. The molecule has 2 aromatic carbocycles.